The predicted molar refractivity (Wildman–Crippen MR) is 113 cm³/mol. The summed E-state index contributed by atoms with van der Waals surface area (Å²) in [5.74, 6) is -0.0120. The second-order valence-corrected chi connectivity index (χ2v) is 8.95. The van der Waals surface area contributed by atoms with E-state index in [4.69, 9.17) is 9.47 Å². The minimum Gasteiger partial charge on any atom is -0.444 e. The summed E-state index contributed by atoms with van der Waals surface area (Å²) in [7, 11) is 0. The average Bonchev–Trinajstić information content (AvgIpc) is 2.73. The molecule has 1 aromatic rings. The highest BCUT2D eigenvalue weighted by Gasteiger charge is 2.31. The molecule has 8 heteroatoms. The van der Waals surface area contributed by atoms with Crippen LogP contribution in [-0.4, -0.2) is 60.0 Å². The van der Waals surface area contributed by atoms with E-state index in [1.807, 2.05) is 4.90 Å². The molecule has 0 aliphatic carbocycles. The van der Waals surface area contributed by atoms with Crippen LogP contribution in [-0.2, 0) is 15.9 Å². The molecule has 2 aliphatic heterocycles. The van der Waals surface area contributed by atoms with Crippen LogP contribution in [0.5, 0.6) is 0 Å². The molecular formula is C23H31FN2O5. The smallest absolute Gasteiger partial charge is 0.407 e. The van der Waals surface area contributed by atoms with E-state index >= 15 is 0 Å². The molecule has 7 nitrogen and oxygen atoms in total. The van der Waals surface area contributed by atoms with Crippen molar-refractivity contribution in [3.8, 4) is 0 Å². The molecule has 1 atom stereocenters. The first kappa shape index (κ1) is 23.2. The number of aliphatic hydroxyl groups excluding tert-OH is 1. The summed E-state index contributed by atoms with van der Waals surface area (Å²) in [6.07, 6.45) is 0.709. The Balaban J connectivity index is 1.67. The Kier molecular flexibility index (Phi) is 7.33. The topological polar surface area (TPSA) is 88.1 Å². The van der Waals surface area contributed by atoms with Gasteiger partial charge in [-0.05, 0) is 57.2 Å². The van der Waals surface area contributed by atoms with Gasteiger partial charge in [-0.25, -0.2) is 9.18 Å². The molecule has 3 rings (SSSR count). The van der Waals surface area contributed by atoms with Gasteiger partial charge in [-0.15, -0.1) is 0 Å². The molecule has 2 heterocycles. The lowest BCUT2D eigenvalue weighted by Crippen LogP contribution is -2.47. The average molecular weight is 435 g/mol. The molecule has 31 heavy (non-hydrogen) atoms. The summed E-state index contributed by atoms with van der Waals surface area (Å²) >= 11 is 0. The molecule has 0 spiro atoms. The van der Waals surface area contributed by atoms with Crippen molar-refractivity contribution in [2.24, 2.45) is 0 Å². The highest BCUT2D eigenvalue weighted by atomic mass is 19.1. The number of ether oxygens (including phenoxy) is 2. The molecule has 1 unspecified atom stereocenters. The Hall–Kier alpha value is -2.45. The van der Waals surface area contributed by atoms with Gasteiger partial charge in [-0.2, -0.15) is 0 Å². The van der Waals surface area contributed by atoms with E-state index in [2.05, 4.69) is 5.32 Å². The Morgan fingerprint density at radius 3 is 2.74 bits per heavy atom. The highest BCUT2D eigenvalue weighted by Crippen LogP contribution is 2.29. The maximum atomic E-state index is 13.5. The number of hydrogen-bond acceptors (Lipinski definition) is 5. The number of carbonyl (C=O) groups excluding carboxylic acids is 2. The molecule has 1 aromatic carbocycles. The van der Waals surface area contributed by atoms with Gasteiger partial charge in [0.15, 0.2) is 0 Å². The quantitative estimate of drug-likeness (QED) is 0.743. The number of halogens is 1. The fourth-order valence-corrected chi connectivity index (χ4v) is 3.94. The van der Waals surface area contributed by atoms with Crippen LogP contribution >= 0.6 is 0 Å². The Bertz CT molecular complexity index is 843. The van der Waals surface area contributed by atoms with Crippen LogP contribution in [0.3, 0.4) is 0 Å². The second kappa shape index (κ2) is 9.78. The van der Waals surface area contributed by atoms with Crippen molar-refractivity contribution in [1.82, 2.24) is 10.2 Å². The first-order valence-electron chi connectivity index (χ1n) is 10.6. The molecule has 0 radical (unpaired) electrons. The number of carbonyl (C=O) groups is 2. The summed E-state index contributed by atoms with van der Waals surface area (Å²) < 4.78 is 24.0. The normalized spacial score (nSPS) is 19.1. The van der Waals surface area contributed by atoms with Crippen LogP contribution in [0.1, 0.15) is 61.2 Å². The van der Waals surface area contributed by atoms with Crippen LogP contribution in [0.25, 0.3) is 0 Å². The monoisotopic (exact) mass is 434 g/mol. The first-order chi connectivity index (χ1) is 14.7. The van der Waals surface area contributed by atoms with Gasteiger partial charge in [0, 0.05) is 43.5 Å². The standard InChI is InChI=1S/C23H31FN2O5/c1-23(2,3)31-22(29)25-14-17(13-24)20(27)16-4-5-19-15(12-16)6-9-26(21(19)28)18-7-10-30-11-8-18/h4-5,12-13,18,20,27H,6-11,14H2,1-3H3,(H,25,29)/b17-13-. The van der Waals surface area contributed by atoms with Crippen LogP contribution in [0.4, 0.5) is 9.18 Å². The van der Waals surface area contributed by atoms with Crippen LogP contribution in [0.2, 0.25) is 0 Å². The lowest BCUT2D eigenvalue weighted by molar-refractivity contribution is 0.0276. The zero-order chi connectivity index (χ0) is 22.6. The molecule has 2 N–H and O–H groups in total. The largest absolute Gasteiger partial charge is 0.444 e. The number of aliphatic hydroxyl groups is 1. The summed E-state index contributed by atoms with van der Waals surface area (Å²) in [5.41, 5.74) is 1.25. The summed E-state index contributed by atoms with van der Waals surface area (Å²) in [6.45, 7) is 6.94. The number of nitrogens with zero attached hydrogens (tertiary/aromatic N) is 1. The lowest BCUT2D eigenvalue weighted by atomic mass is 9.91. The van der Waals surface area contributed by atoms with Gasteiger partial charge in [0.2, 0.25) is 0 Å². The van der Waals surface area contributed by atoms with Crippen LogP contribution in [0.15, 0.2) is 30.1 Å². The van der Waals surface area contributed by atoms with Crippen molar-refractivity contribution < 1.29 is 28.6 Å². The molecule has 170 valence electrons. The third-order valence-corrected chi connectivity index (χ3v) is 5.52. The molecule has 0 saturated carbocycles. The minimum atomic E-state index is -1.24. The fourth-order valence-electron chi connectivity index (χ4n) is 3.94. The second-order valence-electron chi connectivity index (χ2n) is 8.95. The number of nitrogens with one attached hydrogen (secondary N) is 1. The van der Waals surface area contributed by atoms with E-state index in [0.29, 0.717) is 43.6 Å². The van der Waals surface area contributed by atoms with Crippen molar-refractivity contribution in [3.63, 3.8) is 0 Å². The van der Waals surface area contributed by atoms with Crippen LogP contribution in [0, 0.1) is 0 Å². The van der Waals surface area contributed by atoms with Gasteiger partial charge in [0.25, 0.3) is 5.91 Å². The number of alkyl carbamates (subject to hydrolysis) is 1. The molecule has 2 aliphatic rings. The lowest BCUT2D eigenvalue weighted by Gasteiger charge is -2.37. The number of fused-ring (bicyclic) bond motifs is 1. The van der Waals surface area contributed by atoms with Gasteiger partial charge < -0.3 is 24.8 Å². The third-order valence-electron chi connectivity index (χ3n) is 5.52. The van der Waals surface area contributed by atoms with E-state index in [9.17, 15) is 19.1 Å². The molecular weight excluding hydrogens is 403 g/mol. The van der Waals surface area contributed by atoms with Gasteiger partial charge in [-0.3, -0.25) is 4.79 Å². The van der Waals surface area contributed by atoms with Crippen molar-refractivity contribution >= 4 is 12.0 Å². The van der Waals surface area contributed by atoms with Crippen molar-refractivity contribution in [2.75, 3.05) is 26.3 Å². The maximum absolute atomic E-state index is 13.5. The SMILES string of the molecule is CC(C)(C)OC(=O)NC/C(=C/F)C(O)c1ccc2c(c1)CCN(C1CCOCC1)C2=O. The summed E-state index contributed by atoms with van der Waals surface area (Å²) in [4.78, 5) is 26.7. The number of amides is 2. The molecule has 0 bridgehead atoms. The highest BCUT2D eigenvalue weighted by molar-refractivity contribution is 5.97. The van der Waals surface area contributed by atoms with Gasteiger partial charge in [-0.1, -0.05) is 12.1 Å². The van der Waals surface area contributed by atoms with Crippen LogP contribution < -0.4 is 5.32 Å². The van der Waals surface area contributed by atoms with Crippen molar-refractivity contribution in [1.29, 1.82) is 0 Å². The third kappa shape index (κ3) is 5.83. The minimum absolute atomic E-state index is 0.00298. The molecule has 0 aromatic heterocycles. The van der Waals surface area contributed by atoms with Crippen molar-refractivity contribution in [2.45, 2.75) is 57.8 Å². The Morgan fingerprint density at radius 1 is 1.39 bits per heavy atom. The number of rotatable bonds is 5. The van der Waals surface area contributed by atoms with Gasteiger partial charge in [0.05, 0.1) is 6.33 Å². The van der Waals surface area contributed by atoms with Gasteiger partial charge in [0.1, 0.15) is 11.7 Å². The fraction of sp³-hybridized carbons (Fsp3) is 0.565. The zero-order valence-corrected chi connectivity index (χ0v) is 18.3. The maximum Gasteiger partial charge on any atom is 0.407 e. The summed E-state index contributed by atoms with van der Waals surface area (Å²) in [5, 5.41) is 13.1. The molecule has 2 amide bonds. The number of benzene rings is 1. The van der Waals surface area contributed by atoms with E-state index in [0.717, 1.165) is 18.4 Å². The summed E-state index contributed by atoms with van der Waals surface area (Å²) in [6, 6.07) is 5.26. The Labute approximate surface area is 182 Å². The predicted octanol–water partition coefficient (Wildman–Crippen LogP) is 3.28. The zero-order valence-electron chi connectivity index (χ0n) is 18.3. The number of hydrogen-bond donors (Lipinski definition) is 2. The Morgan fingerprint density at radius 2 is 2.10 bits per heavy atom. The van der Waals surface area contributed by atoms with E-state index < -0.39 is 17.8 Å². The molecule has 1 fully saturated rings. The first-order valence-corrected chi connectivity index (χ1v) is 10.6. The molecule has 1 saturated heterocycles. The van der Waals surface area contributed by atoms with E-state index in [1.165, 1.54) is 0 Å². The van der Waals surface area contributed by atoms with Crippen molar-refractivity contribution in [3.05, 3.63) is 46.8 Å². The van der Waals surface area contributed by atoms with E-state index in [1.54, 1.807) is 39.0 Å². The van der Waals surface area contributed by atoms with E-state index in [-0.39, 0.29) is 24.1 Å². The van der Waals surface area contributed by atoms with Gasteiger partial charge >= 0.3 is 6.09 Å².